The van der Waals surface area contributed by atoms with Crippen molar-refractivity contribution in [1.29, 1.82) is 0 Å². The summed E-state index contributed by atoms with van der Waals surface area (Å²) in [5.41, 5.74) is 4.31. The van der Waals surface area contributed by atoms with E-state index in [4.69, 9.17) is 5.84 Å². The maximum atomic E-state index is 5.59. The van der Waals surface area contributed by atoms with E-state index in [0.29, 0.717) is 12.0 Å². The van der Waals surface area contributed by atoms with Gasteiger partial charge in [-0.2, -0.15) is 0 Å². The van der Waals surface area contributed by atoms with Crippen molar-refractivity contribution >= 4 is 21.4 Å². The van der Waals surface area contributed by atoms with Gasteiger partial charge in [-0.3, -0.25) is 11.3 Å². The molecule has 1 heterocycles. The number of thiophene rings is 1. The Morgan fingerprint density at radius 3 is 2.75 bits per heavy atom. The van der Waals surface area contributed by atoms with Gasteiger partial charge in [0.25, 0.3) is 0 Å². The van der Waals surface area contributed by atoms with Crippen LogP contribution in [0.2, 0.25) is 0 Å². The molecule has 1 atom stereocenters. The zero-order valence-corrected chi connectivity index (χ0v) is 10.6. The minimum atomic E-state index is 0.345. The summed E-state index contributed by atoms with van der Waals surface area (Å²) in [4.78, 5) is 0. The zero-order chi connectivity index (χ0) is 11.5. The number of hydrazine groups is 1. The highest BCUT2D eigenvalue weighted by molar-refractivity contribution is 7.17. The van der Waals surface area contributed by atoms with Crippen molar-refractivity contribution in [2.75, 3.05) is 0 Å². The molecule has 0 bridgehead atoms. The molecule has 1 aromatic heterocycles. The molecule has 2 rings (SSSR count). The molecule has 2 aromatic rings. The third kappa shape index (κ3) is 2.26. The fraction of sp³-hybridized carbons (Fsp3) is 0.385. The Labute approximate surface area is 100 Å². The zero-order valence-electron chi connectivity index (χ0n) is 9.73. The largest absolute Gasteiger partial charge is 0.271 e. The first-order valence-corrected chi connectivity index (χ1v) is 6.51. The molecule has 0 amide bonds. The van der Waals surface area contributed by atoms with E-state index in [1.807, 2.05) is 11.3 Å². The van der Waals surface area contributed by atoms with E-state index in [9.17, 15) is 0 Å². The first-order valence-electron chi connectivity index (χ1n) is 5.63. The molecule has 0 saturated carbocycles. The molecule has 0 fully saturated rings. The molecule has 0 aliphatic carbocycles. The summed E-state index contributed by atoms with van der Waals surface area (Å²) in [5.74, 6) is 6.13. The Morgan fingerprint density at radius 1 is 1.31 bits per heavy atom. The van der Waals surface area contributed by atoms with Crippen molar-refractivity contribution in [3.63, 3.8) is 0 Å². The van der Waals surface area contributed by atoms with Crippen LogP contribution in [-0.4, -0.2) is 6.04 Å². The Bertz CT molecular complexity index is 462. The van der Waals surface area contributed by atoms with Gasteiger partial charge in [0.1, 0.15) is 0 Å². The Kier molecular flexibility index (Phi) is 3.59. The summed E-state index contributed by atoms with van der Waals surface area (Å²) in [7, 11) is 0. The molecular weight excluding hydrogens is 216 g/mol. The van der Waals surface area contributed by atoms with Gasteiger partial charge in [0.05, 0.1) is 0 Å². The van der Waals surface area contributed by atoms with Gasteiger partial charge >= 0.3 is 0 Å². The van der Waals surface area contributed by atoms with Crippen LogP contribution < -0.4 is 11.3 Å². The van der Waals surface area contributed by atoms with E-state index in [0.717, 1.165) is 6.42 Å². The van der Waals surface area contributed by atoms with Crippen LogP contribution in [0, 0.1) is 5.92 Å². The number of nitrogens with one attached hydrogen (secondary N) is 1. The molecule has 0 radical (unpaired) electrons. The Morgan fingerprint density at radius 2 is 2.06 bits per heavy atom. The van der Waals surface area contributed by atoms with Gasteiger partial charge in [-0.1, -0.05) is 32.0 Å². The maximum Gasteiger partial charge on any atom is 0.0345 e. The SMILES string of the molecule is CC(C)C(Cc1csc2ccccc12)NN. The van der Waals surface area contributed by atoms with Gasteiger partial charge in [-0.05, 0) is 34.7 Å². The van der Waals surface area contributed by atoms with E-state index in [1.54, 1.807) is 0 Å². The molecule has 16 heavy (non-hydrogen) atoms. The number of hydrogen-bond acceptors (Lipinski definition) is 3. The summed E-state index contributed by atoms with van der Waals surface area (Å²) in [5, 5.41) is 3.62. The molecule has 0 saturated heterocycles. The van der Waals surface area contributed by atoms with E-state index >= 15 is 0 Å². The van der Waals surface area contributed by atoms with Gasteiger partial charge in [0.15, 0.2) is 0 Å². The van der Waals surface area contributed by atoms with Crippen molar-refractivity contribution in [2.45, 2.75) is 26.3 Å². The second-order valence-electron chi connectivity index (χ2n) is 4.48. The van der Waals surface area contributed by atoms with E-state index < -0.39 is 0 Å². The van der Waals surface area contributed by atoms with Crippen LogP contribution in [0.5, 0.6) is 0 Å². The highest BCUT2D eigenvalue weighted by Gasteiger charge is 2.14. The lowest BCUT2D eigenvalue weighted by atomic mass is 9.97. The lowest BCUT2D eigenvalue weighted by Gasteiger charge is -2.19. The smallest absolute Gasteiger partial charge is 0.0345 e. The topological polar surface area (TPSA) is 38.0 Å². The molecule has 1 unspecified atom stereocenters. The van der Waals surface area contributed by atoms with Crippen molar-refractivity contribution in [3.8, 4) is 0 Å². The van der Waals surface area contributed by atoms with Crippen molar-refractivity contribution < 1.29 is 0 Å². The summed E-state index contributed by atoms with van der Waals surface area (Å²) in [6.45, 7) is 4.39. The van der Waals surface area contributed by atoms with Gasteiger partial charge in [0, 0.05) is 10.7 Å². The van der Waals surface area contributed by atoms with Crippen LogP contribution in [0.1, 0.15) is 19.4 Å². The van der Waals surface area contributed by atoms with Crippen LogP contribution in [0.25, 0.3) is 10.1 Å². The third-order valence-corrected chi connectivity index (χ3v) is 4.03. The molecule has 0 aliphatic heterocycles. The van der Waals surface area contributed by atoms with E-state index in [-0.39, 0.29) is 0 Å². The lowest BCUT2D eigenvalue weighted by molar-refractivity contribution is 0.405. The van der Waals surface area contributed by atoms with Crippen molar-refractivity contribution in [3.05, 3.63) is 35.2 Å². The number of fused-ring (bicyclic) bond motifs is 1. The van der Waals surface area contributed by atoms with Crippen LogP contribution in [0.15, 0.2) is 29.6 Å². The maximum absolute atomic E-state index is 5.59. The van der Waals surface area contributed by atoms with Crippen molar-refractivity contribution in [1.82, 2.24) is 5.43 Å². The standard InChI is InChI=1S/C13H18N2S/c1-9(2)12(15-14)7-10-8-16-13-6-4-3-5-11(10)13/h3-6,8-9,12,15H,7,14H2,1-2H3. The average Bonchev–Trinajstić information content (AvgIpc) is 2.69. The molecule has 0 spiro atoms. The summed E-state index contributed by atoms with van der Waals surface area (Å²) < 4.78 is 1.36. The quantitative estimate of drug-likeness (QED) is 0.630. The molecule has 1 aromatic carbocycles. The van der Waals surface area contributed by atoms with E-state index in [1.165, 1.54) is 15.6 Å². The van der Waals surface area contributed by atoms with Gasteiger partial charge in [-0.25, -0.2) is 0 Å². The normalized spacial score (nSPS) is 13.5. The first kappa shape index (κ1) is 11.6. The fourth-order valence-corrected chi connectivity index (χ4v) is 2.89. The predicted molar refractivity (Wildman–Crippen MR) is 71.5 cm³/mol. The average molecular weight is 234 g/mol. The second-order valence-corrected chi connectivity index (χ2v) is 5.39. The Hall–Kier alpha value is -0.900. The number of nitrogens with two attached hydrogens (primary N) is 1. The van der Waals surface area contributed by atoms with Crippen LogP contribution in [0.3, 0.4) is 0 Å². The van der Waals surface area contributed by atoms with Crippen LogP contribution in [0.4, 0.5) is 0 Å². The molecule has 2 nitrogen and oxygen atoms in total. The first-order chi connectivity index (χ1) is 7.72. The number of hydrogen-bond donors (Lipinski definition) is 2. The predicted octanol–water partition coefficient (Wildman–Crippen LogP) is 2.93. The third-order valence-electron chi connectivity index (χ3n) is 3.02. The monoisotopic (exact) mass is 234 g/mol. The lowest BCUT2D eigenvalue weighted by Crippen LogP contribution is -2.40. The van der Waals surface area contributed by atoms with Crippen LogP contribution in [-0.2, 0) is 6.42 Å². The minimum absolute atomic E-state index is 0.345. The van der Waals surface area contributed by atoms with Gasteiger partial charge in [-0.15, -0.1) is 11.3 Å². The molecular formula is C13H18N2S. The van der Waals surface area contributed by atoms with E-state index in [2.05, 4.69) is 48.9 Å². The summed E-state index contributed by atoms with van der Waals surface area (Å²) >= 11 is 1.81. The Balaban J connectivity index is 2.27. The van der Waals surface area contributed by atoms with Gasteiger partial charge < -0.3 is 0 Å². The molecule has 0 aliphatic rings. The molecule has 3 heteroatoms. The fourth-order valence-electron chi connectivity index (χ4n) is 1.91. The second kappa shape index (κ2) is 4.95. The number of rotatable bonds is 4. The summed E-state index contributed by atoms with van der Waals surface area (Å²) in [6, 6.07) is 8.89. The minimum Gasteiger partial charge on any atom is -0.271 e. The van der Waals surface area contributed by atoms with Crippen molar-refractivity contribution in [2.24, 2.45) is 11.8 Å². The van der Waals surface area contributed by atoms with Gasteiger partial charge in [0.2, 0.25) is 0 Å². The highest BCUT2D eigenvalue weighted by Crippen LogP contribution is 2.27. The molecule has 86 valence electrons. The highest BCUT2D eigenvalue weighted by atomic mass is 32.1. The van der Waals surface area contributed by atoms with Crippen LogP contribution >= 0.6 is 11.3 Å². The number of benzene rings is 1. The molecule has 3 N–H and O–H groups in total. The summed E-state index contributed by atoms with van der Waals surface area (Å²) in [6.07, 6.45) is 0.998.